The molecule has 0 spiro atoms. The highest BCUT2D eigenvalue weighted by Crippen LogP contribution is 2.32. The fourth-order valence-corrected chi connectivity index (χ4v) is 3.81. The van der Waals surface area contributed by atoms with Crippen LogP contribution in [0.4, 0.5) is 6.01 Å². The Kier molecular flexibility index (Phi) is 2.91. The molecule has 2 aromatic rings. The topological polar surface area (TPSA) is 41.3 Å². The van der Waals surface area contributed by atoms with Crippen molar-refractivity contribution < 1.29 is 4.42 Å². The van der Waals surface area contributed by atoms with Crippen molar-refractivity contribution in [1.29, 1.82) is 0 Å². The first kappa shape index (κ1) is 12.2. The van der Waals surface area contributed by atoms with E-state index in [1.165, 1.54) is 25.7 Å². The lowest BCUT2D eigenvalue weighted by Gasteiger charge is -2.36. The van der Waals surface area contributed by atoms with E-state index in [1.807, 2.05) is 24.3 Å². The number of rotatable bonds is 3. The van der Waals surface area contributed by atoms with Crippen LogP contribution >= 0.6 is 0 Å². The second-order valence-electron chi connectivity index (χ2n) is 6.01. The Hall–Kier alpha value is -1.55. The Balaban J connectivity index is 1.63. The number of hydrogen-bond acceptors (Lipinski definition) is 4. The summed E-state index contributed by atoms with van der Waals surface area (Å²) in [7, 11) is 0. The zero-order valence-electron chi connectivity index (χ0n) is 11.9. The van der Waals surface area contributed by atoms with E-state index in [-0.39, 0.29) is 0 Å². The minimum absolute atomic E-state index is 0.562. The molecule has 2 aliphatic rings. The zero-order valence-corrected chi connectivity index (χ0v) is 11.9. The Bertz CT molecular complexity index is 564. The van der Waals surface area contributed by atoms with Crippen molar-refractivity contribution in [3.05, 3.63) is 24.3 Å². The molecule has 0 amide bonds. The van der Waals surface area contributed by atoms with Crippen LogP contribution in [0, 0.1) is 0 Å². The number of anilines is 1. The number of fused-ring (bicyclic) bond motifs is 3. The maximum atomic E-state index is 5.96. The number of oxazole rings is 1. The minimum Gasteiger partial charge on any atom is -0.423 e. The summed E-state index contributed by atoms with van der Waals surface area (Å²) >= 11 is 0. The highest BCUT2D eigenvalue weighted by molar-refractivity contribution is 5.74. The van der Waals surface area contributed by atoms with Gasteiger partial charge in [-0.25, -0.2) is 0 Å². The van der Waals surface area contributed by atoms with Crippen molar-refractivity contribution in [2.75, 3.05) is 11.4 Å². The summed E-state index contributed by atoms with van der Waals surface area (Å²) in [6, 6.07) is 10.8. The molecule has 2 aliphatic heterocycles. The predicted molar refractivity (Wildman–Crippen MR) is 80.0 cm³/mol. The molecule has 1 N–H and O–H groups in total. The first-order chi connectivity index (χ1) is 9.83. The van der Waals surface area contributed by atoms with Gasteiger partial charge in [0.05, 0.1) is 0 Å². The maximum Gasteiger partial charge on any atom is 0.298 e. The number of nitrogens with zero attached hydrogens (tertiary/aromatic N) is 2. The third-order valence-electron chi connectivity index (χ3n) is 4.76. The van der Waals surface area contributed by atoms with Crippen LogP contribution in [0.2, 0.25) is 0 Å². The third-order valence-corrected chi connectivity index (χ3v) is 4.76. The summed E-state index contributed by atoms with van der Waals surface area (Å²) in [5, 5.41) is 3.70. The Morgan fingerprint density at radius 1 is 1.25 bits per heavy atom. The molecule has 2 atom stereocenters. The van der Waals surface area contributed by atoms with Crippen molar-refractivity contribution in [2.45, 2.75) is 50.7 Å². The average Bonchev–Trinajstić information content (AvgIpc) is 3.03. The van der Waals surface area contributed by atoms with Gasteiger partial charge in [0, 0.05) is 24.7 Å². The number of piperidine rings is 1. The zero-order chi connectivity index (χ0) is 13.5. The van der Waals surface area contributed by atoms with Crippen LogP contribution in [0.5, 0.6) is 0 Å². The molecule has 3 heterocycles. The molecule has 20 heavy (non-hydrogen) atoms. The Morgan fingerprint density at radius 2 is 2.00 bits per heavy atom. The maximum absolute atomic E-state index is 5.96. The molecule has 0 aliphatic carbocycles. The van der Waals surface area contributed by atoms with Gasteiger partial charge in [-0.05, 0) is 44.7 Å². The minimum atomic E-state index is 0.562. The summed E-state index contributed by atoms with van der Waals surface area (Å²) in [6.45, 7) is 3.15. The van der Waals surface area contributed by atoms with Crippen LogP contribution in [0.3, 0.4) is 0 Å². The summed E-state index contributed by atoms with van der Waals surface area (Å²) in [6.07, 6.45) is 5.07. The number of aromatic nitrogens is 1. The smallest absolute Gasteiger partial charge is 0.298 e. The van der Waals surface area contributed by atoms with Crippen LogP contribution in [0.1, 0.15) is 32.6 Å². The SMILES string of the molecule is CCN(c1nc2ccccc2o1)C1CC2CCC(C1)N2. The van der Waals surface area contributed by atoms with Gasteiger partial charge in [-0.2, -0.15) is 4.98 Å². The molecule has 0 radical (unpaired) electrons. The highest BCUT2D eigenvalue weighted by atomic mass is 16.4. The quantitative estimate of drug-likeness (QED) is 0.932. The number of hydrogen-bond donors (Lipinski definition) is 1. The van der Waals surface area contributed by atoms with E-state index in [4.69, 9.17) is 4.42 Å². The van der Waals surface area contributed by atoms with Gasteiger partial charge in [0.25, 0.3) is 6.01 Å². The molecule has 1 aromatic carbocycles. The molecule has 106 valence electrons. The van der Waals surface area contributed by atoms with E-state index < -0.39 is 0 Å². The van der Waals surface area contributed by atoms with Gasteiger partial charge in [-0.3, -0.25) is 0 Å². The molecule has 4 heteroatoms. The molecular weight excluding hydrogens is 250 g/mol. The lowest BCUT2D eigenvalue weighted by Crippen LogP contribution is -2.48. The molecule has 2 fully saturated rings. The van der Waals surface area contributed by atoms with Crippen molar-refractivity contribution in [1.82, 2.24) is 10.3 Å². The van der Waals surface area contributed by atoms with Crippen molar-refractivity contribution >= 4 is 17.1 Å². The highest BCUT2D eigenvalue weighted by Gasteiger charge is 2.36. The monoisotopic (exact) mass is 271 g/mol. The van der Waals surface area contributed by atoms with E-state index in [9.17, 15) is 0 Å². The third kappa shape index (κ3) is 1.99. The largest absolute Gasteiger partial charge is 0.423 e. The summed E-state index contributed by atoms with van der Waals surface area (Å²) in [5.41, 5.74) is 1.84. The summed E-state index contributed by atoms with van der Waals surface area (Å²) < 4.78 is 5.96. The van der Waals surface area contributed by atoms with E-state index in [2.05, 4.69) is 22.1 Å². The fraction of sp³-hybridized carbons (Fsp3) is 0.562. The van der Waals surface area contributed by atoms with Gasteiger partial charge in [-0.1, -0.05) is 12.1 Å². The van der Waals surface area contributed by atoms with Gasteiger partial charge in [-0.15, -0.1) is 0 Å². The van der Waals surface area contributed by atoms with Gasteiger partial charge in [0.1, 0.15) is 5.52 Å². The molecule has 0 saturated carbocycles. The second-order valence-corrected chi connectivity index (χ2v) is 6.01. The van der Waals surface area contributed by atoms with E-state index in [1.54, 1.807) is 0 Å². The molecule has 4 nitrogen and oxygen atoms in total. The van der Waals surface area contributed by atoms with Gasteiger partial charge >= 0.3 is 0 Å². The molecular formula is C16H21N3O. The van der Waals surface area contributed by atoms with Crippen molar-refractivity contribution in [3.63, 3.8) is 0 Å². The van der Waals surface area contributed by atoms with E-state index >= 15 is 0 Å². The van der Waals surface area contributed by atoms with Gasteiger partial charge in [0.15, 0.2) is 5.58 Å². The van der Waals surface area contributed by atoms with Crippen molar-refractivity contribution in [2.24, 2.45) is 0 Å². The number of benzene rings is 1. The lowest BCUT2D eigenvalue weighted by atomic mass is 9.98. The van der Waals surface area contributed by atoms with Crippen LogP contribution in [0.15, 0.2) is 28.7 Å². The first-order valence-corrected chi connectivity index (χ1v) is 7.71. The number of para-hydroxylation sites is 2. The molecule has 1 aromatic heterocycles. The van der Waals surface area contributed by atoms with Crippen LogP contribution in [0.25, 0.3) is 11.1 Å². The fourth-order valence-electron chi connectivity index (χ4n) is 3.81. The normalized spacial score (nSPS) is 28.9. The Morgan fingerprint density at radius 3 is 2.70 bits per heavy atom. The van der Waals surface area contributed by atoms with E-state index in [0.717, 1.165) is 23.7 Å². The lowest BCUT2D eigenvalue weighted by molar-refractivity contribution is 0.339. The molecule has 2 saturated heterocycles. The summed E-state index contributed by atoms with van der Waals surface area (Å²) in [4.78, 5) is 7.02. The van der Waals surface area contributed by atoms with Crippen LogP contribution in [-0.4, -0.2) is 29.7 Å². The van der Waals surface area contributed by atoms with E-state index in [0.29, 0.717) is 18.1 Å². The molecule has 4 rings (SSSR count). The summed E-state index contributed by atoms with van der Waals surface area (Å²) in [5.74, 6) is 0. The van der Waals surface area contributed by atoms with Gasteiger partial charge < -0.3 is 14.6 Å². The van der Waals surface area contributed by atoms with Crippen molar-refractivity contribution in [3.8, 4) is 0 Å². The average molecular weight is 271 g/mol. The standard InChI is InChI=1S/C16H21N3O/c1-2-19(13-9-11-7-8-12(10-13)17-11)16-18-14-5-3-4-6-15(14)20-16/h3-6,11-13,17H,2,7-10H2,1H3. The first-order valence-electron chi connectivity index (χ1n) is 7.71. The second kappa shape index (κ2) is 4.77. The van der Waals surface area contributed by atoms with Gasteiger partial charge in [0.2, 0.25) is 0 Å². The number of nitrogens with one attached hydrogen (secondary N) is 1. The van der Waals surface area contributed by atoms with Crippen LogP contribution in [-0.2, 0) is 0 Å². The molecule has 2 bridgehead atoms. The predicted octanol–water partition coefficient (Wildman–Crippen LogP) is 2.94. The Labute approximate surface area is 119 Å². The molecule has 2 unspecified atom stereocenters. The van der Waals surface area contributed by atoms with Crippen LogP contribution < -0.4 is 10.2 Å².